The maximum atomic E-state index is 13.3. The number of carbonyl (C=O) groups excluding carboxylic acids is 1. The van der Waals surface area contributed by atoms with Crippen LogP contribution in [0.2, 0.25) is 0 Å². The van der Waals surface area contributed by atoms with Gasteiger partial charge >= 0.3 is 5.97 Å². The van der Waals surface area contributed by atoms with E-state index in [1.165, 1.54) is 22.8 Å². The van der Waals surface area contributed by atoms with E-state index in [-0.39, 0.29) is 37.5 Å². The standard InChI is InChI=1S/C16H16FNO4/c17-13-5-1-2-6-14(13)21-11-12-22-16(20)8-10-18-9-4-3-7-15(18)19/h1-7,9H,8,10-12H2. The molecule has 0 N–H and O–H groups in total. The molecular weight excluding hydrogens is 289 g/mol. The third kappa shape index (κ3) is 4.73. The topological polar surface area (TPSA) is 57.5 Å². The van der Waals surface area contributed by atoms with Crippen molar-refractivity contribution in [2.75, 3.05) is 13.2 Å². The summed E-state index contributed by atoms with van der Waals surface area (Å²) >= 11 is 0. The third-order valence-electron chi connectivity index (χ3n) is 2.90. The number of para-hydroxylation sites is 1. The first-order valence-corrected chi connectivity index (χ1v) is 6.85. The number of hydrogen-bond donors (Lipinski definition) is 0. The fourth-order valence-electron chi connectivity index (χ4n) is 1.80. The zero-order valence-corrected chi connectivity index (χ0v) is 11.9. The molecule has 0 unspecified atom stereocenters. The Labute approximate surface area is 126 Å². The minimum atomic E-state index is -0.461. The highest BCUT2D eigenvalue weighted by atomic mass is 19.1. The maximum Gasteiger partial charge on any atom is 0.307 e. The van der Waals surface area contributed by atoms with Crippen LogP contribution < -0.4 is 10.3 Å². The van der Waals surface area contributed by atoms with Gasteiger partial charge in [0.2, 0.25) is 0 Å². The van der Waals surface area contributed by atoms with E-state index in [1.54, 1.807) is 30.5 Å². The minimum absolute atomic E-state index is 0.0247. The molecule has 0 saturated heterocycles. The molecule has 0 aliphatic heterocycles. The van der Waals surface area contributed by atoms with Crippen LogP contribution >= 0.6 is 0 Å². The molecule has 5 nitrogen and oxygen atoms in total. The lowest BCUT2D eigenvalue weighted by Crippen LogP contribution is -2.21. The smallest absolute Gasteiger partial charge is 0.307 e. The molecule has 22 heavy (non-hydrogen) atoms. The Morgan fingerprint density at radius 3 is 2.64 bits per heavy atom. The number of nitrogens with zero attached hydrogens (tertiary/aromatic N) is 1. The molecule has 1 aromatic heterocycles. The quantitative estimate of drug-likeness (QED) is 0.580. The molecule has 0 amide bonds. The van der Waals surface area contributed by atoms with Gasteiger partial charge in [-0.2, -0.15) is 0 Å². The van der Waals surface area contributed by atoms with Gasteiger partial charge in [-0.3, -0.25) is 9.59 Å². The number of pyridine rings is 1. The van der Waals surface area contributed by atoms with Gasteiger partial charge in [-0.15, -0.1) is 0 Å². The second-order valence-electron chi connectivity index (χ2n) is 4.48. The molecule has 1 aromatic carbocycles. The summed E-state index contributed by atoms with van der Waals surface area (Å²) < 4.78 is 24.8. The summed E-state index contributed by atoms with van der Waals surface area (Å²) in [6.45, 7) is 0.349. The van der Waals surface area contributed by atoms with Gasteiger partial charge in [-0.25, -0.2) is 4.39 Å². The lowest BCUT2D eigenvalue weighted by molar-refractivity contribution is -0.144. The number of esters is 1. The van der Waals surface area contributed by atoms with Crippen molar-refractivity contribution < 1.29 is 18.7 Å². The number of hydrogen-bond acceptors (Lipinski definition) is 4. The van der Waals surface area contributed by atoms with Gasteiger partial charge in [0, 0.05) is 18.8 Å². The molecule has 0 radical (unpaired) electrons. The third-order valence-corrected chi connectivity index (χ3v) is 2.90. The van der Waals surface area contributed by atoms with Gasteiger partial charge in [0.15, 0.2) is 11.6 Å². The lowest BCUT2D eigenvalue weighted by atomic mass is 10.3. The minimum Gasteiger partial charge on any atom is -0.487 e. The van der Waals surface area contributed by atoms with Crippen LogP contribution in [0.1, 0.15) is 6.42 Å². The normalized spacial score (nSPS) is 10.2. The molecule has 0 aliphatic carbocycles. The van der Waals surface area contributed by atoms with E-state index in [9.17, 15) is 14.0 Å². The van der Waals surface area contributed by atoms with E-state index in [4.69, 9.17) is 9.47 Å². The molecule has 2 rings (SSSR count). The highest BCUT2D eigenvalue weighted by molar-refractivity contribution is 5.69. The van der Waals surface area contributed by atoms with Gasteiger partial charge in [-0.05, 0) is 18.2 Å². The summed E-state index contributed by atoms with van der Waals surface area (Å²) in [6, 6.07) is 10.8. The molecule has 0 bridgehead atoms. The molecule has 0 spiro atoms. The Kier molecular flexibility index (Phi) is 5.71. The first-order chi connectivity index (χ1) is 10.7. The zero-order valence-electron chi connectivity index (χ0n) is 11.9. The van der Waals surface area contributed by atoms with E-state index in [0.29, 0.717) is 0 Å². The number of aryl methyl sites for hydroxylation is 1. The number of ether oxygens (including phenoxy) is 2. The Balaban J connectivity index is 1.67. The van der Waals surface area contributed by atoms with Crippen LogP contribution in [0.15, 0.2) is 53.5 Å². The first-order valence-electron chi connectivity index (χ1n) is 6.85. The van der Waals surface area contributed by atoms with Crippen molar-refractivity contribution in [1.82, 2.24) is 4.57 Å². The van der Waals surface area contributed by atoms with Crippen LogP contribution in [-0.2, 0) is 16.1 Å². The first kappa shape index (κ1) is 15.8. The molecule has 0 fully saturated rings. The Morgan fingerprint density at radius 2 is 1.86 bits per heavy atom. The van der Waals surface area contributed by atoms with E-state index < -0.39 is 11.8 Å². The molecule has 0 atom stereocenters. The highest BCUT2D eigenvalue weighted by Gasteiger charge is 2.05. The fourth-order valence-corrected chi connectivity index (χ4v) is 1.80. The van der Waals surface area contributed by atoms with Crippen molar-refractivity contribution in [2.45, 2.75) is 13.0 Å². The van der Waals surface area contributed by atoms with Crippen molar-refractivity contribution in [3.8, 4) is 5.75 Å². The van der Waals surface area contributed by atoms with Gasteiger partial charge in [0.05, 0.1) is 6.42 Å². The van der Waals surface area contributed by atoms with Crippen LogP contribution in [0.4, 0.5) is 4.39 Å². The van der Waals surface area contributed by atoms with Gasteiger partial charge in [-0.1, -0.05) is 18.2 Å². The van der Waals surface area contributed by atoms with Crippen LogP contribution in [-0.4, -0.2) is 23.8 Å². The van der Waals surface area contributed by atoms with Gasteiger partial charge in [0.1, 0.15) is 13.2 Å². The molecule has 116 valence electrons. The average molecular weight is 305 g/mol. The zero-order chi connectivity index (χ0) is 15.8. The predicted molar refractivity (Wildman–Crippen MR) is 78.2 cm³/mol. The van der Waals surface area contributed by atoms with E-state index in [1.807, 2.05) is 0 Å². The SMILES string of the molecule is O=C(CCn1ccccc1=O)OCCOc1ccccc1F. The van der Waals surface area contributed by atoms with Crippen LogP contribution in [0.5, 0.6) is 5.75 Å². The number of rotatable bonds is 7. The predicted octanol–water partition coefficient (Wildman–Crippen LogP) is 2.00. The average Bonchev–Trinajstić information content (AvgIpc) is 2.52. The summed E-state index contributed by atoms with van der Waals surface area (Å²) in [6.07, 6.45) is 1.69. The summed E-state index contributed by atoms with van der Waals surface area (Å²) in [4.78, 5) is 23.0. The second-order valence-corrected chi connectivity index (χ2v) is 4.48. The van der Waals surface area contributed by atoms with Crippen LogP contribution in [0.25, 0.3) is 0 Å². The van der Waals surface area contributed by atoms with E-state index in [2.05, 4.69) is 0 Å². The number of aromatic nitrogens is 1. The van der Waals surface area contributed by atoms with Gasteiger partial charge in [0.25, 0.3) is 5.56 Å². The van der Waals surface area contributed by atoms with Gasteiger partial charge < -0.3 is 14.0 Å². The summed E-state index contributed by atoms with van der Waals surface area (Å²) in [7, 11) is 0. The lowest BCUT2D eigenvalue weighted by Gasteiger charge is -2.08. The summed E-state index contributed by atoms with van der Waals surface area (Å²) in [5.41, 5.74) is -0.168. The molecule has 6 heteroatoms. The Hall–Kier alpha value is -2.63. The van der Waals surface area contributed by atoms with Crippen molar-refractivity contribution >= 4 is 5.97 Å². The molecule has 2 aromatic rings. The summed E-state index contributed by atoms with van der Waals surface area (Å²) in [5.74, 6) is -0.778. The monoisotopic (exact) mass is 305 g/mol. The van der Waals surface area contributed by atoms with Crippen molar-refractivity contribution in [2.24, 2.45) is 0 Å². The molecular formula is C16H16FNO4. The van der Waals surface area contributed by atoms with Crippen LogP contribution in [0, 0.1) is 5.82 Å². The number of benzene rings is 1. The number of carbonyl (C=O) groups is 1. The van der Waals surface area contributed by atoms with E-state index >= 15 is 0 Å². The number of halogens is 1. The maximum absolute atomic E-state index is 13.3. The molecule has 0 aliphatic rings. The fraction of sp³-hybridized carbons (Fsp3) is 0.250. The highest BCUT2D eigenvalue weighted by Crippen LogP contribution is 2.14. The Bertz CT molecular complexity index is 684. The van der Waals surface area contributed by atoms with Crippen LogP contribution in [0.3, 0.4) is 0 Å². The van der Waals surface area contributed by atoms with E-state index in [0.717, 1.165) is 0 Å². The van der Waals surface area contributed by atoms with Crippen molar-refractivity contribution in [1.29, 1.82) is 0 Å². The van der Waals surface area contributed by atoms with Crippen molar-refractivity contribution in [3.63, 3.8) is 0 Å². The Morgan fingerprint density at radius 1 is 1.09 bits per heavy atom. The molecule has 1 heterocycles. The van der Waals surface area contributed by atoms with Crippen molar-refractivity contribution in [3.05, 3.63) is 64.8 Å². The molecule has 0 saturated carbocycles. The largest absolute Gasteiger partial charge is 0.487 e. The summed E-state index contributed by atoms with van der Waals surface area (Å²) in [5, 5.41) is 0. The second kappa shape index (κ2) is 7.97.